The molecule has 0 saturated heterocycles. The summed E-state index contributed by atoms with van der Waals surface area (Å²) in [5, 5.41) is 19.0. The molecule has 1 unspecified atom stereocenters. The quantitative estimate of drug-likeness (QED) is 0.345. The van der Waals surface area contributed by atoms with Crippen LogP contribution in [0.3, 0.4) is 0 Å². The van der Waals surface area contributed by atoms with Crippen molar-refractivity contribution in [3.05, 3.63) is 53.0 Å². The lowest BCUT2D eigenvalue weighted by Gasteiger charge is -2.26. The highest BCUT2D eigenvalue weighted by Gasteiger charge is 2.34. The van der Waals surface area contributed by atoms with Gasteiger partial charge in [-0.05, 0) is 68.3 Å². The minimum Gasteiger partial charge on any atom is -0.478 e. The van der Waals surface area contributed by atoms with E-state index in [1.165, 1.54) is 47.4 Å². The molecule has 0 aliphatic rings. The van der Waals surface area contributed by atoms with E-state index in [9.17, 15) is 23.1 Å². The normalized spacial score (nSPS) is 13.4. The molecule has 6 nitrogen and oxygen atoms in total. The predicted molar refractivity (Wildman–Crippen MR) is 120 cm³/mol. The summed E-state index contributed by atoms with van der Waals surface area (Å²) in [6, 6.07) is 11.0. The van der Waals surface area contributed by atoms with Gasteiger partial charge in [0.05, 0.1) is 5.75 Å². The Labute approximate surface area is 196 Å². The fourth-order valence-corrected chi connectivity index (χ4v) is 4.53. The van der Waals surface area contributed by atoms with Crippen molar-refractivity contribution in [2.75, 3.05) is 0 Å². The maximum atomic E-state index is 12.3. The molecule has 176 valence electrons. The van der Waals surface area contributed by atoms with E-state index in [1.807, 2.05) is 19.1 Å². The van der Waals surface area contributed by atoms with Crippen LogP contribution in [0.2, 0.25) is 0 Å². The number of nitrogens with zero attached hydrogens (tertiary/aromatic N) is 2. The van der Waals surface area contributed by atoms with Gasteiger partial charge in [-0.15, -0.1) is 35.1 Å². The van der Waals surface area contributed by atoms with Crippen molar-refractivity contribution in [1.82, 2.24) is 10.2 Å². The number of benzene rings is 2. The number of rotatable bonds is 9. The zero-order valence-corrected chi connectivity index (χ0v) is 19.6. The van der Waals surface area contributed by atoms with E-state index in [0.29, 0.717) is 28.5 Å². The number of aryl methyl sites for hydroxylation is 1. The second-order valence-electron chi connectivity index (χ2n) is 7.28. The van der Waals surface area contributed by atoms with Crippen molar-refractivity contribution in [1.29, 1.82) is 0 Å². The lowest BCUT2D eigenvalue weighted by atomic mass is 10.0. The molecule has 3 aromatic rings. The van der Waals surface area contributed by atoms with Crippen LogP contribution >= 0.6 is 23.1 Å². The van der Waals surface area contributed by atoms with Crippen LogP contribution in [-0.4, -0.2) is 33.2 Å². The van der Waals surface area contributed by atoms with Crippen molar-refractivity contribution < 1.29 is 32.5 Å². The largest absolute Gasteiger partial charge is 0.573 e. The van der Waals surface area contributed by atoms with Gasteiger partial charge in [0.2, 0.25) is 5.60 Å². The van der Waals surface area contributed by atoms with Crippen LogP contribution < -0.4 is 9.47 Å². The lowest BCUT2D eigenvalue weighted by Crippen LogP contribution is -2.40. The fourth-order valence-electron chi connectivity index (χ4n) is 2.71. The van der Waals surface area contributed by atoms with Crippen LogP contribution in [0, 0.1) is 6.92 Å². The average molecular weight is 499 g/mol. The molecule has 1 N–H and O–H groups in total. The molecular formula is C22H21F3N2O4S2. The van der Waals surface area contributed by atoms with Crippen LogP contribution in [0.1, 0.15) is 30.8 Å². The fraction of sp³-hybridized carbons (Fsp3) is 0.318. The molecular weight excluding hydrogens is 477 g/mol. The summed E-state index contributed by atoms with van der Waals surface area (Å²) in [6.07, 6.45) is -4.40. The third-order valence-electron chi connectivity index (χ3n) is 4.77. The molecule has 0 aliphatic carbocycles. The second kappa shape index (κ2) is 10.0. The van der Waals surface area contributed by atoms with Crippen molar-refractivity contribution >= 4 is 29.1 Å². The Morgan fingerprint density at radius 1 is 1.12 bits per heavy atom. The molecule has 0 radical (unpaired) electrons. The molecule has 33 heavy (non-hydrogen) atoms. The zero-order valence-electron chi connectivity index (χ0n) is 18.0. The summed E-state index contributed by atoms with van der Waals surface area (Å²) in [7, 11) is 0. The number of ether oxygens (including phenoxy) is 2. The number of halogens is 3. The number of alkyl halides is 3. The first-order valence-corrected chi connectivity index (χ1v) is 11.6. The van der Waals surface area contributed by atoms with Crippen molar-refractivity contribution in [3.8, 4) is 22.1 Å². The number of aromatic nitrogens is 2. The van der Waals surface area contributed by atoms with E-state index in [1.54, 1.807) is 19.9 Å². The number of carboxylic acid groups (broad SMARTS) is 1. The predicted octanol–water partition coefficient (Wildman–Crippen LogP) is 6.34. The smallest absolute Gasteiger partial charge is 0.478 e. The molecule has 0 bridgehead atoms. The van der Waals surface area contributed by atoms with E-state index >= 15 is 0 Å². The number of aliphatic carboxylic acids is 1. The molecule has 0 spiro atoms. The molecule has 1 atom stereocenters. The molecule has 0 amide bonds. The van der Waals surface area contributed by atoms with E-state index in [4.69, 9.17) is 4.74 Å². The summed E-state index contributed by atoms with van der Waals surface area (Å²) >= 11 is 2.88. The highest BCUT2D eigenvalue weighted by atomic mass is 32.2. The molecule has 0 saturated carbocycles. The minimum absolute atomic E-state index is 0.294. The Bertz CT molecular complexity index is 1120. The molecule has 1 heterocycles. The first-order valence-electron chi connectivity index (χ1n) is 9.83. The third kappa shape index (κ3) is 6.61. The van der Waals surface area contributed by atoms with E-state index < -0.39 is 17.9 Å². The Kier molecular flexibility index (Phi) is 7.53. The summed E-state index contributed by atoms with van der Waals surface area (Å²) < 4.78 is 46.5. The zero-order chi connectivity index (χ0) is 24.2. The Morgan fingerprint density at radius 3 is 2.39 bits per heavy atom. The van der Waals surface area contributed by atoms with E-state index in [-0.39, 0.29) is 5.75 Å². The number of hydrogen-bond acceptors (Lipinski definition) is 7. The van der Waals surface area contributed by atoms with Gasteiger partial charge in [-0.1, -0.05) is 18.3 Å². The van der Waals surface area contributed by atoms with Crippen LogP contribution in [0.25, 0.3) is 10.6 Å². The summed E-state index contributed by atoms with van der Waals surface area (Å²) in [4.78, 5) is 12.4. The average Bonchev–Trinajstić information content (AvgIpc) is 3.22. The third-order valence-corrected chi connectivity index (χ3v) is 6.93. The van der Waals surface area contributed by atoms with Crippen molar-refractivity contribution in [2.45, 2.75) is 49.8 Å². The van der Waals surface area contributed by atoms with Crippen LogP contribution in [0.4, 0.5) is 13.2 Å². The number of carbonyl (C=O) groups is 1. The topological polar surface area (TPSA) is 81.5 Å². The molecule has 3 rings (SSSR count). The lowest BCUT2D eigenvalue weighted by molar-refractivity contribution is -0.274. The molecule has 1 aromatic heterocycles. The molecule has 2 aromatic carbocycles. The van der Waals surface area contributed by atoms with Gasteiger partial charge >= 0.3 is 12.3 Å². The standard InChI is InChI=1S/C22H21F3N2O4S2/c1-4-21(3,20(28)29)31-17-10-9-16(11-13(17)2)32-12-18-26-27-19(33-18)14-5-7-15(8-6-14)30-22(23,24)25/h5-11H,4,12H2,1-3H3,(H,28,29). The van der Waals surface area contributed by atoms with Gasteiger partial charge in [0.15, 0.2) is 0 Å². The number of thioether (sulfide) groups is 1. The van der Waals surface area contributed by atoms with Gasteiger partial charge in [-0.3, -0.25) is 0 Å². The van der Waals surface area contributed by atoms with Crippen LogP contribution in [-0.2, 0) is 10.5 Å². The first kappa shape index (κ1) is 24.8. The molecule has 0 aliphatic heterocycles. The van der Waals surface area contributed by atoms with Gasteiger partial charge in [0.1, 0.15) is 21.5 Å². The number of carboxylic acids is 1. The minimum atomic E-state index is -4.73. The Balaban J connectivity index is 1.62. The van der Waals surface area contributed by atoms with Gasteiger partial charge < -0.3 is 14.6 Å². The van der Waals surface area contributed by atoms with Gasteiger partial charge in [-0.2, -0.15) is 0 Å². The summed E-state index contributed by atoms with van der Waals surface area (Å²) in [5.41, 5.74) is 0.174. The maximum Gasteiger partial charge on any atom is 0.573 e. The van der Waals surface area contributed by atoms with E-state index in [0.717, 1.165) is 15.5 Å². The van der Waals surface area contributed by atoms with Crippen LogP contribution in [0.5, 0.6) is 11.5 Å². The Hall–Kier alpha value is -2.79. The van der Waals surface area contributed by atoms with Gasteiger partial charge in [0.25, 0.3) is 0 Å². The van der Waals surface area contributed by atoms with Crippen molar-refractivity contribution in [2.24, 2.45) is 0 Å². The summed E-state index contributed by atoms with van der Waals surface area (Å²) in [6.45, 7) is 5.16. The number of hydrogen-bond donors (Lipinski definition) is 1. The SMILES string of the molecule is CCC(C)(Oc1ccc(SCc2nnc(-c3ccc(OC(F)(F)F)cc3)s2)cc1C)C(=O)O. The molecule has 0 fully saturated rings. The first-order chi connectivity index (χ1) is 15.5. The second-order valence-corrected chi connectivity index (χ2v) is 9.39. The van der Waals surface area contributed by atoms with Gasteiger partial charge in [-0.25, -0.2) is 4.79 Å². The monoisotopic (exact) mass is 498 g/mol. The van der Waals surface area contributed by atoms with E-state index in [2.05, 4.69) is 14.9 Å². The highest BCUT2D eigenvalue weighted by molar-refractivity contribution is 7.98. The summed E-state index contributed by atoms with van der Waals surface area (Å²) in [5.74, 6) is -0.245. The van der Waals surface area contributed by atoms with Crippen LogP contribution in [0.15, 0.2) is 47.4 Å². The maximum absolute atomic E-state index is 12.3. The Morgan fingerprint density at radius 2 is 1.82 bits per heavy atom. The van der Waals surface area contributed by atoms with Gasteiger partial charge in [0, 0.05) is 10.5 Å². The highest BCUT2D eigenvalue weighted by Crippen LogP contribution is 2.33. The molecule has 11 heteroatoms. The van der Waals surface area contributed by atoms with Crippen molar-refractivity contribution in [3.63, 3.8) is 0 Å².